The summed E-state index contributed by atoms with van der Waals surface area (Å²) in [6.45, 7) is 1.77. The maximum Gasteiger partial charge on any atom is 0.416 e. The largest absolute Gasteiger partial charge is 0.493 e. The van der Waals surface area contributed by atoms with Gasteiger partial charge in [-0.25, -0.2) is 9.78 Å². The monoisotopic (exact) mass is 612 g/mol. The van der Waals surface area contributed by atoms with Crippen molar-refractivity contribution >= 4 is 40.9 Å². The first-order chi connectivity index (χ1) is 20.1. The molecule has 0 bridgehead atoms. The number of aromatic nitrogens is 1. The number of nitrogens with zero attached hydrogens (tertiary/aromatic N) is 4. The van der Waals surface area contributed by atoms with Gasteiger partial charge in [-0.05, 0) is 72.6 Å². The van der Waals surface area contributed by atoms with Crippen LogP contribution in [0.15, 0.2) is 96.1 Å². The molecule has 1 aliphatic rings. The van der Waals surface area contributed by atoms with E-state index in [1.54, 1.807) is 74.8 Å². The van der Waals surface area contributed by atoms with Crippen LogP contribution < -0.4 is 9.64 Å². The lowest BCUT2D eigenvalue weighted by Gasteiger charge is -2.33. The van der Waals surface area contributed by atoms with Crippen molar-refractivity contribution in [3.05, 3.63) is 123 Å². The molecule has 1 aliphatic heterocycles. The van der Waals surface area contributed by atoms with Crippen LogP contribution >= 0.6 is 23.2 Å². The molecule has 2 unspecified atom stereocenters. The SMILES string of the molecule is CCOc1cc(C(F)(F)F)ccc1C1=NC(c2ccc(Cl)cc2)C(c2ccc(Cl)cc2)N1C(=O)N(C)c1ccccn1. The molecule has 42 heavy (non-hydrogen) atoms. The van der Waals surface area contributed by atoms with Crippen molar-refractivity contribution in [3.8, 4) is 5.75 Å². The number of alkyl halides is 3. The predicted octanol–water partition coefficient (Wildman–Crippen LogP) is 8.61. The van der Waals surface area contributed by atoms with E-state index in [4.69, 9.17) is 32.9 Å². The Hall–Kier alpha value is -4.08. The Morgan fingerprint density at radius 3 is 2.17 bits per heavy atom. The number of ether oxygens (including phenoxy) is 1. The predicted molar refractivity (Wildman–Crippen MR) is 157 cm³/mol. The van der Waals surface area contributed by atoms with Gasteiger partial charge in [0.05, 0.1) is 23.8 Å². The Kier molecular flexibility index (Phi) is 8.43. The van der Waals surface area contributed by atoms with Gasteiger partial charge < -0.3 is 4.74 Å². The number of carbonyl (C=O) groups excluding carboxylic acids is 1. The molecule has 11 heteroatoms. The van der Waals surface area contributed by atoms with Crippen molar-refractivity contribution in [2.45, 2.75) is 25.2 Å². The molecule has 0 saturated carbocycles. The number of anilines is 1. The Morgan fingerprint density at radius 1 is 0.952 bits per heavy atom. The van der Waals surface area contributed by atoms with Crippen LogP contribution in [0.25, 0.3) is 0 Å². The molecule has 4 aromatic rings. The highest BCUT2D eigenvalue weighted by Crippen LogP contribution is 2.46. The number of pyridine rings is 1. The Labute approximate surface area is 251 Å². The summed E-state index contributed by atoms with van der Waals surface area (Å²) < 4.78 is 46.7. The molecule has 6 nitrogen and oxygen atoms in total. The van der Waals surface area contributed by atoms with E-state index >= 15 is 0 Å². The van der Waals surface area contributed by atoms with Crippen molar-refractivity contribution in [2.24, 2.45) is 4.99 Å². The number of carbonyl (C=O) groups is 1. The van der Waals surface area contributed by atoms with Crippen LogP contribution in [0, 0.1) is 0 Å². The van der Waals surface area contributed by atoms with E-state index in [1.807, 2.05) is 12.1 Å². The van der Waals surface area contributed by atoms with Crippen LogP contribution in [0.1, 0.15) is 41.3 Å². The van der Waals surface area contributed by atoms with Gasteiger partial charge in [0.25, 0.3) is 0 Å². The van der Waals surface area contributed by atoms with E-state index in [9.17, 15) is 18.0 Å². The third-order valence-electron chi connectivity index (χ3n) is 6.83. The molecule has 1 aromatic heterocycles. The second kappa shape index (κ2) is 12.0. The van der Waals surface area contributed by atoms with Crippen molar-refractivity contribution in [1.82, 2.24) is 9.88 Å². The Bertz CT molecular complexity index is 1600. The summed E-state index contributed by atoms with van der Waals surface area (Å²) in [6.07, 6.45) is -3.03. The summed E-state index contributed by atoms with van der Waals surface area (Å²) in [4.78, 5) is 26.5. The fraction of sp³-hybridized carbons (Fsp3) is 0.194. The summed E-state index contributed by atoms with van der Waals surface area (Å²) >= 11 is 12.4. The number of amidine groups is 1. The second-order valence-corrected chi connectivity index (χ2v) is 10.4. The number of urea groups is 1. The standard InChI is InChI=1S/C31H25Cl2F3N4O2/c1-3-42-25-18-21(31(34,35)36)11-16-24(25)29-38-27(19-7-12-22(32)13-8-19)28(20-9-14-23(33)15-10-20)40(29)30(41)39(2)26-6-4-5-17-37-26/h4-18,27-28H,3H2,1-2H3. The number of halogens is 5. The number of amides is 2. The zero-order valence-electron chi connectivity index (χ0n) is 22.5. The highest BCUT2D eigenvalue weighted by atomic mass is 35.5. The lowest BCUT2D eigenvalue weighted by atomic mass is 9.93. The molecular formula is C31H25Cl2F3N4O2. The van der Waals surface area contributed by atoms with Gasteiger partial charge in [-0.2, -0.15) is 13.2 Å². The number of rotatable bonds is 6. The Morgan fingerprint density at radius 2 is 1.60 bits per heavy atom. The smallest absolute Gasteiger partial charge is 0.416 e. The lowest BCUT2D eigenvalue weighted by Crippen LogP contribution is -2.45. The van der Waals surface area contributed by atoms with Crippen LogP contribution in [0.5, 0.6) is 5.75 Å². The van der Waals surface area contributed by atoms with E-state index in [1.165, 1.54) is 15.9 Å². The third kappa shape index (κ3) is 5.93. The quantitative estimate of drug-likeness (QED) is 0.219. The van der Waals surface area contributed by atoms with Crippen molar-refractivity contribution in [3.63, 3.8) is 0 Å². The molecule has 2 amide bonds. The minimum absolute atomic E-state index is 0.0454. The number of hydrogen-bond acceptors (Lipinski definition) is 4. The van der Waals surface area contributed by atoms with E-state index in [0.717, 1.165) is 17.7 Å². The summed E-state index contributed by atoms with van der Waals surface area (Å²) in [5.41, 5.74) is 0.826. The molecule has 0 saturated heterocycles. The topological polar surface area (TPSA) is 58.0 Å². The highest BCUT2D eigenvalue weighted by molar-refractivity contribution is 6.30. The molecular weight excluding hydrogens is 588 g/mol. The van der Waals surface area contributed by atoms with E-state index < -0.39 is 29.9 Å². The molecule has 0 radical (unpaired) electrons. The number of aliphatic imine (C=N–C) groups is 1. The maximum absolute atomic E-state index is 14.4. The molecule has 0 N–H and O–H groups in total. The molecule has 2 atom stereocenters. The molecule has 2 heterocycles. The summed E-state index contributed by atoms with van der Waals surface area (Å²) in [5.74, 6) is 0.486. The van der Waals surface area contributed by atoms with E-state index in [-0.39, 0.29) is 23.8 Å². The first-order valence-electron chi connectivity index (χ1n) is 13.0. The van der Waals surface area contributed by atoms with Crippen LogP contribution in [-0.4, -0.2) is 35.4 Å². The fourth-order valence-corrected chi connectivity index (χ4v) is 5.08. The van der Waals surface area contributed by atoms with Crippen molar-refractivity contribution in [2.75, 3.05) is 18.6 Å². The van der Waals surface area contributed by atoms with Gasteiger partial charge in [0.15, 0.2) is 0 Å². The van der Waals surface area contributed by atoms with Crippen LogP contribution in [0.3, 0.4) is 0 Å². The number of hydrogen-bond donors (Lipinski definition) is 0. The average Bonchev–Trinajstić information content (AvgIpc) is 3.37. The summed E-state index contributed by atoms with van der Waals surface area (Å²) in [5, 5.41) is 1.03. The molecule has 5 rings (SSSR count). The van der Waals surface area contributed by atoms with Gasteiger partial charge >= 0.3 is 12.2 Å². The van der Waals surface area contributed by atoms with Gasteiger partial charge in [-0.3, -0.25) is 14.8 Å². The van der Waals surface area contributed by atoms with E-state index in [0.29, 0.717) is 21.4 Å². The normalized spacial score (nSPS) is 16.7. The highest BCUT2D eigenvalue weighted by Gasteiger charge is 2.45. The fourth-order valence-electron chi connectivity index (χ4n) is 4.82. The van der Waals surface area contributed by atoms with Gasteiger partial charge in [0.1, 0.15) is 23.4 Å². The van der Waals surface area contributed by atoms with Crippen molar-refractivity contribution in [1.29, 1.82) is 0 Å². The molecule has 3 aromatic carbocycles. The molecule has 216 valence electrons. The molecule has 0 fully saturated rings. The average molecular weight is 613 g/mol. The molecule has 0 spiro atoms. The van der Waals surface area contributed by atoms with Gasteiger partial charge in [0, 0.05) is 23.3 Å². The first-order valence-corrected chi connectivity index (χ1v) is 13.7. The zero-order chi connectivity index (χ0) is 30.0. The van der Waals surface area contributed by atoms with E-state index in [2.05, 4.69) is 4.98 Å². The van der Waals surface area contributed by atoms with Crippen LogP contribution in [-0.2, 0) is 6.18 Å². The van der Waals surface area contributed by atoms with Crippen LogP contribution in [0.4, 0.5) is 23.8 Å². The third-order valence-corrected chi connectivity index (χ3v) is 7.33. The minimum Gasteiger partial charge on any atom is -0.493 e. The summed E-state index contributed by atoms with van der Waals surface area (Å²) in [7, 11) is 1.58. The van der Waals surface area contributed by atoms with Crippen molar-refractivity contribution < 1.29 is 22.7 Å². The van der Waals surface area contributed by atoms with Gasteiger partial charge in [-0.15, -0.1) is 0 Å². The second-order valence-electron chi connectivity index (χ2n) is 9.49. The van der Waals surface area contributed by atoms with Gasteiger partial charge in [-0.1, -0.05) is 53.5 Å². The minimum atomic E-state index is -4.59. The number of benzene rings is 3. The maximum atomic E-state index is 14.4. The summed E-state index contributed by atoms with van der Waals surface area (Å²) in [6, 6.07) is 20.6. The zero-order valence-corrected chi connectivity index (χ0v) is 24.0. The lowest BCUT2D eigenvalue weighted by molar-refractivity contribution is -0.137. The molecule has 0 aliphatic carbocycles. The van der Waals surface area contributed by atoms with Gasteiger partial charge in [0.2, 0.25) is 0 Å². The van der Waals surface area contributed by atoms with Crippen LogP contribution in [0.2, 0.25) is 10.0 Å². The first kappa shape index (κ1) is 29.4. The Balaban J connectivity index is 1.73.